The van der Waals surface area contributed by atoms with Crippen LogP contribution in [0.5, 0.6) is 11.5 Å². The fraction of sp³-hybridized carbons (Fsp3) is 0.273. The second-order valence-corrected chi connectivity index (χ2v) is 13.1. The molecule has 0 heterocycles. The van der Waals surface area contributed by atoms with Crippen LogP contribution in [-0.4, -0.2) is 46.2 Å². The quantitative estimate of drug-likeness (QED) is 0.151. The molecule has 0 amide bonds. The van der Waals surface area contributed by atoms with Crippen molar-refractivity contribution in [1.29, 1.82) is 0 Å². The average Bonchev–Trinajstić information content (AvgIpc) is 2.98. The molecule has 0 fully saturated rings. The molecule has 0 saturated carbocycles. The first-order chi connectivity index (χ1) is 20.1. The highest BCUT2D eigenvalue weighted by atomic mass is 79.9. The standard InChI is InChI=1S/C17H19BrO4S.C16H17BrO2/c1-13-16(18)9-6-10-17(13)21-11-15(12-22-23(2,19)20)14-7-4-3-5-8-14;1-12-15(17)8-5-9-16(12)19-11-14(10-18)13-6-3-2-4-7-13/h3-10,15H,11-12H2,1-2H3;2-9,14,18H,10-11H2,1H3. The number of benzene rings is 4. The fourth-order valence-electron chi connectivity index (χ4n) is 4.02. The molecule has 42 heavy (non-hydrogen) atoms. The maximum Gasteiger partial charge on any atom is 0.264 e. The molecule has 0 aliphatic heterocycles. The van der Waals surface area contributed by atoms with E-state index in [9.17, 15) is 13.5 Å². The molecule has 0 radical (unpaired) electrons. The average molecular weight is 721 g/mol. The Morgan fingerprint density at radius 2 is 1.07 bits per heavy atom. The van der Waals surface area contributed by atoms with Gasteiger partial charge < -0.3 is 14.6 Å². The van der Waals surface area contributed by atoms with Gasteiger partial charge in [0.2, 0.25) is 0 Å². The summed E-state index contributed by atoms with van der Waals surface area (Å²) >= 11 is 6.96. The van der Waals surface area contributed by atoms with Crippen LogP contribution in [-0.2, 0) is 14.3 Å². The fourth-order valence-corrected chi connectivity index (χ4v) is 5.13. The molecule has 4 aromatic rings. The van der Waals surface area contributed by atoms with E-state index in [1.54, 1.807) is 0 Å². The molecule has 0 aliphatic carbocycles. The van der Waals surface area contributed by atoms with Gasteiger partial charge in [-0.05, 0) is 49.2 Å². The number of hydrogen-bond acceptors (Lipinski definition) is 6. The maximum absolute atomic E-state index is 11.3. The SMILES string of the molecule is Cc1c(Br)cccc1OCC(CO)c1ccccc1.Cc1c(Br)cccc1OCC(COS(C)(=O)=O)c1ccccc1. The highest BCUT2D eigenvalue weighted by Crippen LogP contribution is 2.28. The molecule has 4 aromatic carbocycles. The van der Waals surface area contributed by atoms with Crippen molar-refractivity contribution in [3.05, 3.63) is 128 Å². The zero-order chi connectivity index (χ0) is 30.5. The molecule has 0 aliphatic rings. The van der Waals surface area contributed by atoms with Crippen molar-refractivity contribution in [2.75, 3.05) is 32.7 Å². The summed E-state index contributed by atoms with van der Waals surface area (Å²) in [5, 5.41) is 9.49. The van der Waals surface area contributed by atoms with Gasteiger partial charge in [0.05, 0.1) is 32.7 Å². The monoisotopic (exact) mass is 718 g/mol. The Kier molecular flexibility index (Phi) is 13.5. The van der Waals surface area contributed by atoms with Crippen molar-refractivity contribution in [2.24, 2.45) is 0 Å². The molecule has 224 valence electrons. The highest BCUT2D eigenvalue weighted by molar-refractivity contribution is 9.10. The van der Waals surface area contributed by atoms with Gasteiger partial charge in [0.15, 0.2) is 0 Å². The van der Waals surface area contributed by atoms with Crippen LogP contribution < -0.4 is 9.47 Å². The summed E-state index contributed by atoms with van der Waals surface area (Å²) in [5.41, 5.74) is 4.15. The van der Waals surface area contributed by atoms with E-state index in [2.05, 4.69) is 31.9 Å². The minimum absolute atomic E-state index is 0.000387. The molecule has 1 N–H and O–H groups in total. The minimum Gasteiger partial charge on any atom is -0.493 e. The van der Waals surface area contributed by atoms with Crippen molar-refractivity contribution >= 4 is 42.0 Å². The molecular formula is C33H36Br2O6S. The number of halogens is 2. The maximum atomic E-state index is 11.3. The van der Waals surface area contributed by atoms with Gasteiger partial charge in [0, 0.05) is 31.9 Å². The first-order valence-corrected chi connectivity index (χ1v) is 16.8. The van der Waals surface area contributed by atoms with Crippen LogP contribution >= 0.6 is 31.9 Å². The van der Waals surface area contributed by atoms with Crippen LogP contribution in [0.15, 0.2) is 106 Å². The summed E-state index contributed by atoms with van der Waals surface area (Å²) in [6.07, 6.45) is 1.05. The van der Waals surface area contributed by atoms with Gasteiger partial charge in [-0.3, -0.25) is 4.18 Å². The normalized spacial score (nSPS) is 12.5. The smallest absolute Gasteiger partial charge is 0.264 e. The van der Waals surface area contributed by atoms with Crippen LogP contribution in [0.2, 0.25) is 0 Å². The second-order valence-electron chi connectivity index (χ2n) is 9.73. The summed E-state index contributed by atoms with van der Waals surface area (Å²) in [5.74, 6) is 1.44. The Balaban J connectivity index is 0.000000235. The summed E-state index contributed by atoms with van der Waals surface area (Å²) in [7, 11) is -3.49. The molecule has 0 bridgehead atoms. The van der Waals surface area contributed by atoms with Crippen LogP contribution in [0.25, 0.3) is 0 Å². The minimum atomic E-state index is -3.49. The third kappa shape index (κ3) is 10.9. The van der Waals surface area contributed by atoms with Crippen LogP contribution in [0, 0.1) is 13.8 Å². The Morgan fingerprint density at radius 3 is 1.50 bits per heavy atom. The van der Waals surface area contributed by atoms with Crippen LogP contribution in [0.1, 0.15) is 34.1 Å². The Labute approximate surface area is 266 Å². The first-order valence-electron chi connectivity index (χ1n) is 13.4. The number of aliphatic hydroxyl groups is 1. The highest BCUT2D eigenvalue weighted by Gasteiger charge is 2.17. The molecule has 0 saturated heterocycles. The van der Waals surface area contributed by atoms with E-state index in [1.807, 2.05) is 111 Å². The van der Waals surface area contributed by atoms with Gasteiger partial charge in [0.25, 0.3) is 10.1 Å². The second kappa shape index (κ2) is 16.8. The first kappa shape index (κ1) is 33.8. The molecular weight excluding hydrogens is 684 g/mol. The van der Waals surface area contributed by atoms with Crippen molar-refractivity contribution in [3.63, 3.8) is 0 Å². The largest absolute Gasteiger partial charge is 0.493 e. The van der Waals surface area contributed by atoms with Gasteiger partial charge in [0.1, 0.15) is 11.5 Å². The molecule has 2 unspecified atom stereocenters. The van der Waals surface area contributed by atoms with Crippen molar-refractivity contribution < 1.29 is 27.2 Å². The number of rotatable bonds is 12. The lowest BCUT2D eigenvalue weighted by atomic mass is 10.0. The Bertz CT molecular complexity index is 1500. The Morgan fingerprint density at radius 1 is 0.643 bits per heavy atom. The van der Waals surface area contributed by atoms with E-state index in [0.29, 0.717) is 13.2 Å². The van der Waals surface area contributed by atoms with E-state index in [-0.39, 0.29) is 25.0 Å². The molecule has 0 spiro atoms. The van der Waals surface area contributed by atoms with Gasteiger partial charge in [-0.25, -0.2) is 0 Å². The van der Waals surface area contributed by atoms with Crippen LogP contribution in [0.3, 0.4) is 0 Å². The lowest BCUT2D eigenvalue weighted by Gasteiger charge is -2.19. The number of ether oxygens (including phenoxy) is 2. The van der Waals surface area contributed by atoms with Crippen molar-refractivity contribution in [1.82, 2.24) is 0 Å². The molecule has 4 rings (SSSR count). The van der Waals surface area contributed by atoms with Crippen molar-refractivity contribution in [2.45, 2.75) is 25.7 Å². The van der Waals surface area contributed by atoms with Gasteiger partial charge in [-0.2, -0.15) is 8.42 Å². The Hall–Kier alpha value is -2.69. The zero-order valence-electron chi connectivity index (χ0n) is 23.9. The summed E-state index contributed by atoms with van der Waals surface area (Å²) < 4.78 is 41.2. The number of aliphatic hydroxyl groups excluding tert-OH is 1. The van der Waals surface area contributed by atoms with Crippen LogP contribution in [0.4, 0.5) is 0 Å². The topological polar surface area (TPSA) is 82.1 Å². The lowest BCUT2D eigenvalue weighted by molar-refractivity contribution is 0.204. The third-order valence-electron chi connectivity index (χ3n) is 6.56. The van der Waals surface area contributed by atoms with Gasteiger partial charge in [-0.15, -0.1) is 0 Å². The van der Waals surface area contributed by atoms with Gasteiger partial charge >= 0.3 is 0 Å². The summed E-state index contributed by atoms with van der Waals surface area (Å²) in [6, 6.07) is 31.2. The van der Waals surface area contributed by atoms with E-state index < -0.39 is 10.1 Å². The third-order valence-corrected chi connectivity index (χ3v) is 8.84. The predicted molar refractivity (Wildman–Crippen MR) is 175 cm³/mol. The molecule has 0 aromatic heterocycles. The molecule has 2 atom stereocenters. The van der Waals surface area contributed by atoms with E-state index in [1.165, 1.54) is 0 Å². The lowest BCUT2D eigenvalue weighted by Crippen LogP contribution is -2.18. The summed E-state index contributed by atoms with van der Waals surface area (Å²) in [6.45, 7) is 4.90. The molecule has 9 heteroatoms. The van der Waals surface area contributed by atoms with E-state index in [4.69, 9.17) is 13.7 Å². The van der Waals surface area contributed by atoms with E-state index >= 15 is 0 Å². The summed E-state index contributed by atoms with van der Waals surface area (Å²) in [4.78, 5) is 0. The van der Waals surface area contributed by atoms with Gasteiger partial charge in [-0.1, -0.05) is 105 Å². The predicted octanol–water partition coefficient (Wildman–Crippen LogP) is 7.81. The zero-order valence-corrected chi connectivity index (χ0v) is 27.9. The number of hydrogen-bond donors (Lipinski definition) is 1. The molecule has 6 nitrogen and oxygen atoms in total. The van der Waals surface area contributed by atoms with E-state index in [0.717, 1.165) is 49.0 Å². The van der Waals surface area contributed by atoms with Crippen molar-refractivity contribution in [3.8, 4) is 11.5 Å².